The number of hydrogen-bond donors (Lipinski definition) is 0. The number of hydrogen-bond acceptors (Lipinski definition) is 4. The minimum Gasteiger partial charge on any atom is -0.456 e. The second-order valence-electron chi connectivity index (χ2n) is 5.61. The van der Waals surface area contributed by atoms with Crippen LogP contribution in [0.2, 0.25) is 0 Å². The molecule has 2 aromatic rings. The predicted octanol–water partition coefficient (Wildman–Crippen LogP) is 3.80. The highest BCUT2D eigenvalue weighted by Gasteiger charge is 2.57. The quantitative estimate of drug-likeness (QED) is 0.633. The molecule has 0 N–H and O–H groups in total. The Balaban J connectivity index is 1.46. The van der Waals surface area contributed by atoms with E-state index in [0.29, 0.717) is 5.92 Å². The molecule has 0 atom stereocenters. The molecule has 102 valence electrons. The van der Waals surface area contributed by atoms with E-state index in [9.17, 15) is 4.79 Å². The maximum Gasteiger partial charge on any atom is 0.331 e. The number of fused-ring (bicyclic) bond motifs is 1. The van der Waals surface area contributed by atoms with E-state index in [-0.39, 0.29) is 11.6 Å². The van der Waals surface area contributed by atoms with Gasteiger partial charge in [0.25, 0.3) is 0 Å². The van der Waals surface area contributed by atoms with Gasteiger partial charge in [-0.05, 0) is 49.8 Å². The first-order valence-electron chi connectivity index (χ1n) is 7.02. The fraction of sp³-hybridized carbons (Fsp3) is 0.375. The van der Waals surface area contributed by atoms with Crippen LogP contribution in [-0.2, 0) is 9.53 Å². The number of para-hydroxylation sites is 1. The SMILES string of the molecule is O=C(/C=C/c1nc2ccccc2s1)OC1(C2CC2)CC1. The van der Waals surface area contributed by atoms with Gasteiger partial charge in [0.15, 0.2) is 0 Å². The van der Waals surface area contributed by atoms with Crippen molar-refractivity contribution in [1.29, 1.82) is 0 Å². The molecule has 0 amide bonds. The molecule has 0 spiro atoms. The van der Waals surface area contributed by atoms with Crippen molar-refractivity contribution in [2.45, 2.75) is 31.3 Å². The summed E-state index contributed by atoms with van der Waals surface area (Å²) in [5.74, 6) is 0.399. The third kappa shape index (κ3) is 2.24. The maximum atomic E-state index is 11.9. The van der Waals surface area contributed by atoms with Gasteiger partial charge in [0.2, 0.25) is 0 Å². The van der Waals surface area contributed by atoms with Gasteiger partial charge in [0, 0.05) is 6.08 Å². The summed E-state index contributed by atoms with van der Waals surface area (Å²) in [4.78, 5) is 16.4. The summed E-state index contributed by atoms with van der Waals surface area (Å²) in [5, 5.41) is 0.847. The lowest BCUT2D eigenvalue weighted by molar-refractivity contribution is -0.146. The van der Waals surface area contributed by atoms with Crippen molar-refractivity contribution in [3.63, 3.8) is 0 Å². The zero-order chi connectivity index (χ0) is 13.6. The van der Waals surface area contributed by atoms with Gasteiger partial charge in [-0.3, -0.25) is 0 Å². The van der Waals surface area contributed by atoms with Crippen LogP contribution in [0.5, 0.6) is 0 Å². The Bertz CT molecular complexity index is 662. The predicted molar refractivity (Wildman–Crippen MR) is 79.4 cm³/mol. The maximum absolute atomic E-state index is 11.9. The van der Waals surface area contributed by atoms with Crippen LogP contribution < -0.4 is 0 Å². The zero-order valence-corrected chi connectivity index (χ0v) is 11.9. The lowest BCUT2D eigenvalue weighted by Gasteiger charge is -2.13. The van der Waals surface area contributed by atoms with Crippen LogP contribution in [0.1, 0.15) is 30.7 Å². The van der Waals surface area contributed by atoms with Crippen LogP contribution in [0.4, 0.5) is 0 Å². The molecule has 1 heterocycles. The normalized spacial score (nSPS) is 20.4. The molecule has 0 saturated heterocycles. The lowest BCUT2D eigenvalue weighted by Crippen LogP contribution is -2.20. The van der Waals surface area contributed by atoms with Crippen molar-refractivity contribution in [2.24, 2.45) is 5.92 Å². The Hall–Kier alpha value is -1.68. The van der Waals surface area contributed by atoms with E-state index in [4.69, 9.17) is 4.74 Å². The summed E-state index contributed by atoms with van der Waals surface area (Å²) in [6.07, 6.45) is 7.79. The number of ether oxygens (including phenoxy) is 1. The molecule has 0 aliphatic heterocycles. The third-order valence-corrected chi connectivity index (χ3v) is 5.04. The Morgan fingerprint density at radius 1 is 1.35 bits per heavy atom. The molecule has 2 aliphatic rings. The van der Waals surface area contributed by atoms with Crippen molar-refractivity contribution >= 4 is 33.6 Å². The molecule has 2 aliphatic carbocycles. The van der Waals surface area contributed by atoms with Gasteiger partial charge < -0.3 is 4.74 Å². The highest BCUT2D eigenvalue weighted by molar-refractivity contribution is 7.19. The molecule has 1 aromatic carbocycles. The number of rotatable bonds is 4. The molecule has 0 radical (unpaired) electrons. The molecule has 4 rings (SSSR count). The molecule has 2 saturated carbocycles. The molecule has 20 heavy (non-hydrogen) atoms. The molecule has 1 aromatic heterocycles. The lowest BCUT2D eigenvalue weighted by atomic mass is 10.2. The first-order valence-corrected chi connectivity index (χ1v) is 7.83. The van der Waals surface area contributed by atoms with Crippen molar-refractivity contribution in [1.82, 2.24) is 4.98 Å². The Kier molecular flexibility index (Phi) is 2.67. The topological polar surface area (TPSA) is 39.2 Å². The number of thiazole rings is 1. The Morgan fingerprint density at radius 3 is 2.85 bits per heavy atom. The molecular weight excluding hydrogens is 270 g/mol. The average molecular weight is 285 g/mol. The highest BCUT2D eigenvalue weighted by atomic mass is 32.1. The molecule has 2 fully saturated rings. The van der Waals surface area contributed by atoms with E-state index < -0.39 is 0 Å². The number of aromatic nitrogens is 1. The fourth-order valence-electron chi connectivity index (χ4n) is 2.66. The van der Waals surface area contributed by atoms with E-state index in [1.165, 1.54) is 18.9 Å². The van der Waals surface area contributed by atoms with Gasteiger partial charge in [0.1, 0.15) is 10.6 Å². The first kappa shape index (κ1) is 12.1. The van der Waals surface area contributed by atoms with Crippen LogP contribution in [0.15, 0.2) is 30.3 Å². The van der Waals surface area contributed by atoms with Gasteiger partial charge in [0.05, 0.1) is 10.2 Å². The summed E-state index contributed by atoms with van der Waals surface area (Å²) < 4.78 is 6.76. The van der Waals surface area contributed by atoms with E-state index in [0.717, 1.165) is 28.1 Å². The molecule has 4 heteroatoms. The zero-order valence-electron chi connectivity index (χ0n) is 11.0. The number of benzene rings is 1. The van der Waals surface area contributed by atoms with Gasteiger partial charge in [-0.2, -0.15) is 0 Å². The van der Waals surface area contributed by atoms with Crippen LogP contribution in [0.3, 0.4) is 0 Å². The van der Waals surface area contributed by atoms with Crippen LogP contribution in [-0.4, -0.2) is 16.6 Å². The second-order valence-corrected chi connectivity index (χ2v) is 6.68. The Labute approximate surface area is 121 Å². The van der Waals surface area contributed by atoms with E-state index in [1.54, 1.807) is 17.4 Å². The summed E-state index contributed by atoms with van der Waals surface area (Å²) in [5.41, 5.74) is 0.872. The number of nitrogens with zero attached hydrogens (tertiary/aromatic N) is 1. The van der Waals surface area contributed by atoms with E-state index in [2.05, 4.69) is 4.98 Å². The summed E-state index contributed by atoms with van der Waals surface area (Å²) in [6, 6.07) is 7.98. The van der Waals surface area contributed by atoms with Gasteiger partial charge in [-0.1, -0.05) is 12.1 Å². The number of carbonyl (C=O) groups excluding carboxylic acids is 1. The average Bonchev–Trinajstić information content (AvgIpc) is 3.34. The first-order chi connectivity index (χ1) is 9.75. The summed E-state index contributed by atoms with van der Waals surface area (Å²) in [6.45, 7) is 0. The van der Waals surface area contributed by atoms with Gasteiger partial charge in [-0.15, -0.1) is 11.3 Å². The third-order valence-electron chi connectivity index (χ3n) is 4.04. The van der Waals surface area contributed by atoms with E-state index >= 15 is 0 Å². The minimum absolute atomic E-state index is 0.102. The summed E-state index contributed by atoms with van der Waals surface area (Å²) >= 11 is 1.59. The largest absolute Gasteiger partial charge is 0.456 e. The monoisotopic (exact) mass is 285 g/mol. The number of carbonyl (C=O) groups is 1. The van der Waals surface area contributed by atoms with Gasteiger partial charge >= 0.3 is 5.97 Å². The van der Waals surface area contributed by atoms with Crippen molar-refractivity contribution in [3.8, 4) is 0 Å². The van der Waals surface area contributed by atoms with Crippen molar-refractivity contribution < 1.29 is 9.53 Å². The number of esters is 1. The molecular formula is C16H15NO2S. The van der Waals surface area contributed by atoms with Crippen molar-refractivity contribution in [3.05, 3.63) is 35.3 Å². The van der Waals surface area contributed by atoms with Crippen molar-refractivity contribution in [2.75, 3.05) is 0 Å². The molecule has 0 unspecified atom stereocenters. The second kappa shape index (κ2) is 4.42. The summed E-state index contributed by atoms with van der Waals surface area (Å²) in [7, 11) is 0. The minimum atomic E-state index is -0.228. The molecule has 3 nitrogen and oxygen atoms in total. The van der Waals surface area contributed by atoms with Crippen LogP contribution in [0.25, 0.3) is 16.3 Å². The standard InChI is InChI=1S/C16H15NO2S/c18-15(19-16(9-10-16)11-5-6-11)8-7-14-17-12-3-1-2-4-13(12)20-14/h1-4,7-8,11H,5-6,9-10H2/b8-7+. The highest BCUT2D eigenvalue weighted by Crippen LogP contribution is 2.56. The Morgan fingerprint density at radius 2 is 2.15 bits per heavy atom. The van der Waals surface area contributed by atoms with Crippen LogP contribution in [0, 0.1) is 5.92 Å². The fourth-order valence-corrected chi connectivity index (χ4v) is 3.53. The van der Waals surface area contributed by atoms with Crippen LogP contribution >= 0.6 is 11.3 Å². The molecule has 0 bridgehead atoms. The smallest absolute Gasteiger partial charge is 0.331 e. The van der Waals surface area contributed by atoms with Gasteiger partial charge in [-0.25, -0.2) is 9.78 Å². The van der Waals surface area contributed by atoms with E-state index in [1.807, 2.05) is 24.3 Å².